The fraction of sp³-hybridized carbons (Fsp3) is 0.444. The minimum absolute atomic E-state index is 0.503. The van der Waals surface area contributed by atoms with Gasteiger partial charge in [-0.05, 0) is 91.6 Å². The van der Waals surface area contributed by atoms with Gasteiger partial charge in [0.05, 0.1) is 90.7 Å². The molecule has 0 heterocycles. The molecule has 0 aliphatic heterocycles. The Labute approximate surface area is 385 Å². The molecule has 4 aromatic rings. The van der Waals surface area contributed by atoms with E-state index < -0.39 is 0 Å². The zero-order valence-corrected chi connectivity index (χ0v) is 40.2. The predicted molar refractivity (Wildman–Crippen MR) is 258 cm³/mol. The van der Waals surface area contributed by atoms with Crippen LogP contribution < -0.4 is 37.9 Å². The minimum atomic E-state index is 0.503. The summed E-state index contributed by atoms with van der Waals surface area (Å²) < 4.78 is 50.3. The number of rotatable bonds is 24. The van der Waals surface area contributed by atoms with Gasteiger partial charge < -0.3 is 37.9 Å². The first-order valence-electron chi connectivity index (χ1n) is 22.7. The van der Waals surface area contributed by atoms with Gasteiger partial charge in [0, 0.05) is 30.3 Å². The van der Waals surface area contributed by atoms with Gasteiger partial charge in [-0.25, -0.2) is 0 Å². The highest BCUT2D eigenvalue weighted by atomic mass is 79.9. The molecule has 0 saturated carbocycles. The van der Waals surface area contributed by atoms with Crippen molar-refractivity contribution < 1.29 is 37.9 Å². The van der Waals surface area contributed by atoms with E-state index in [-0.39, 0.29) is 0 Å². The second-order valence-corrected chi connectivity index (χ2v) is 15.5. The third kappa shape index (κ3) is 15.9. The average Bonchev–Trinajstić information content (AvgIpc) is 3.30. The first kappa shape index (κ1) is 50.1. The van der Waals surface area contributed by atoms with Gasteiger partial charge in [-0.3, -0.25) is 0 Å². The molecule has 0 spiro atoms. The van der Waals surface area contributed by atoms with Crippen molar-refractivity contribution in [1.29, 1.82) is 0 Å². The molecule has 0 bridgehead atoms. The summed E-state index contributed by atoms with van der Waals surface area (Å²) in [5.41, 5.74) is 4.14. The molecule has 8 nitrogen and oxygen atoms in total. The molecule has 0 aliphatic carbocycles. The molecule has 0 saturated heterocycles. The highest BCUT2D eigenvalue weighted by Crippen LogP contribution is 2.35. The molecule has 4 aromatic carbocycles. The van der Waals surface area contributed by atoms with Gasteiger partial charge >= 0.3 is 0 Å². The normalized spacial score (nSPS) is 10.3. The smallest absolute Gasteiger partial charge is 0.136 e. The van der Waals surface area contributed by atoms with Gasteiger partial charge in [0.25, 0.3) is 0 Å². The summed E-state index contributed by atoms with van der Waals surface area (Å²) in [6.45, 7) is 21.0. The van der Waals surface area contributed by atoms with E-state index in [1.165, 1.54) is 0 Å². The number of halogens is 1. The second kappa shape index (κ2) is 28.2. The van der Waals surface area contributed by atoms with Crippen LogP contribution >= 0.6 is 15.9 Å². The molecule has 0 radical (unpaired) electrons. The van der Waals surface area contributed by atoms with Crippen LogP contribution in [0.15, 0.2) is 59.1 Å². The number of hydrogen-bond donors (Lipinski definition) is 0. The van der Waals surface area contributed by atoms with Crippen molar-refractivity contribution in [1.82, 2.24) is 0 Å². The van der Waals surface area contributed by atoms with Crippen LogP contribution in [0.3, 0.4) is 0 Å². The number of hydrogen-bond acceptors (Lipinski definition) is 8. The summed E-state index contributed by atoms with van der Waals surface area (Å²) in [5, 5.41) is 0. The second-order valence-electron chi connectivity index (χ2n) is 14.7. The lowest BCUT2D eigenvalue weighted by molar-refractivity contribution is 0.306. The van der Waals surface area contributed by atoms with Crippen molar-refractivity contribution in [2.24, 2.45) is 0 Å². The summed E-state index contributed by atoms with van der Waals surface area (Å²) in [7, 11) is 0. The van der Waals surface area contributed by atoms with Crippen molar-refractivity contribution >= 4 is 15.9 Å². The maximum atomic E-state index is 6.34. The molecule has 63 heavy (non-hydrogen) atoms. The van der Waals surface area contributed by atoms with Gasteiger partial charge in [-0.15, -0.1) is 0 Å². The van der Waals surface area contributed by atoms with Crippen molar-refractivity contribution in [3.05, 3.63) is 92.5 Å². The molecule has 0 aromatic heterocycles. The Balaban J connectivity index is 1.87. The molecule has 0 amide bonds. The van der Waals surface area contributed by atoms with E-state index in [0.717, 1.165) is 67.2 Å². The first-order chi connectivity index (χ1) is 30.8. The fourth-order valence-corrected chi connectivity index (χ4v) is 6.22. The van der Waals surface area contributed by atoms with Crippen LogP contribution in [0, 0.1) is 35.5 Å². The van der Waals surface area contributed by atoms with Crippen molar-refractivity contribution in [2.45, 2.75) is 107 Å². The lowest BCUT2D eigenvalue weighted by atomic mass is 10.1. The standard InChI is InChI=1S/C54H65BrO8/c1-9-25-56-46-23-24-48(57-26-10-2)40(33-46)17-18-41-34-50(59-28-12-4)42(35-49(41)58-27-11-3)19-20-43-36-52(61-30-14-6)44(37-51(43)60-29-13-5)21-22-45-38-54(63-32-16-8)47(55)39-53(45)62-31-15-7/h23-24,33-39H,9-16,25-32H2,1-8H3. The van der Waals surface area contributed by atoms with Crippen LogP contribution in [-0.2, 0) is 0 Å². The average molecular weight is 922 g/mol. The van der Waals surface area contributed by atoms with E-state index in [0.29, 0.717) is 121 Å². The van der Waals surface area contributed by atoms with Gasteiger partial charge in [0.15, 0.2) is 0 Å². The van der Waals surface area contributed by atoms with E-state index in [1.807, 2.05) is 54.6 Å². The quantitative estimate of drug-likeness (QED) is 0.0644. The zero-order chi connectivity index (χ0) is 45.2. The molecule has 0 N–H and O–H groups in total. The molecular formula is C54H65BrO8. The molecule has 0 aliphatic rings. The van der Waals surface area contributed by atoms with Gasteiger partial charge in [-0.2, -0.15) is 0 Å². The molecule has 9 heteroatoms. The lowest BCUT2D eigenvalue weighted by Crippen LogP contribution is -2.03. The van der Waals surface area contributed by atoms with Crippen molar-refractivity contribution in [3.63, 3.8) is 0 Å². The van der Waals surface area contributed by atoms with E-state index in [2.05, 4.69) is 107 Å². The molecule has 336 valence electrons. The molecular weight excluding hydrogens is 856 g/mol. The Morgan fingerprint density at radius 1 is 0.302 bits per heavy atom. The van der Waals surface area contributed by atoms with Crippen molar-refractivity contribution in [3.8, 4) is 81.5 Å². The van der Waals surface area contributed by atoms with Crippen LogP contribution in [-0.4, -0.2) is 52.9 Å². The van der Waals surface area contributed by atoms with Crippen LogP contribution in [0.25, 0.3) is 0 Å². The zero-order valence-electron chi connectivity index (χ0n) is 38.7. The Kier molecular flexibility index (Phi) is 22.4. The summed E-state index contributed by atoms with van der Waals surface area (Å²) >= 11 is 3.65. The number of benzene rings is 4. The first-order valence-corrected chi connectivity index (χ1v) is 23.5. The van der Waals surface area contributed by atoms with Crippen LogP contribution in [0.1, 0.15) is 140 Å². The lowest BCUT2D eigenvalue weighted by Gasteiger charge is -2.14. The van der Waals surface area contributed by atoms with Crippen LogP contribution in [0.4, 0.5) is 0 Å². The minimum Gasteiger partial charge on any atom is -0.494 e. The number of ether oxygens (including phenoxy) is 8. The SMILES string of the molecule is CCCOc1ccc(OCCC)c(C#Cc2cc(OCCC)c(C#Cc3cc(OCCC)c(C#Cc4cc(OCCC)c(Br)cc4OCCC)cc3OCCC)cc2OCCC)c1. The summed E-state index contributed by atoms with van der Waals surface area (Å²) in [6.07, 6.45) is 6.82. The van der Waals surface area contributed by atoms with Gasteiger partial charge in [0.1, 0.15) is 46.0 Å². The Hall–Kier alpha value is -5.56. The van der Waals surface area contributed by atoms with E-state index in [1.54, 1.807) is 0 Å². The Bertz CT molecular complexity index is 2250. The fourth-order valence-electron chi connectivity index (χ4n) is 5.78. The monoisotopic (exact) mass is 920 g/mol. The molecule has 0 fully saturated rings. The molecule has 4 rings (SSSR count). The third-order valence-electron chi connectivity index (χ3n) is 8.85. The Morgan fingerprint density at radius 3 is 0.889 bits per heavy atom. The molecule has 0 atom stereocenters. The predicted octanol–water partition coefficient (Wildman–Crippen LogP) is 13.0. The van der Waals surface area contributed by atoms with E-state index in [4.69, 9.17) is 37.9 Å². The summed E-state index contributed by atoms with van der Waals surface area (Å²) in [4.78, 5) is 0. The Morgan fingerprint density at radius 2 is 0.556 bits per heavy atom. The van der Waals surface area contributed by atoms with E-state index >= 15 is 0 Å². The maximum absolute atomic E-state index is 6.34. The molecule has 0 unspecified atom stereocenters. The van der Waals surface area contributed by atoms with Gasteiger partial charge in [0.2, 0.25) is 0 Å². The summed E-state index contributed by atoms with van der Waals surface area (Å²) in [6, 6.07) is 17.3. The highest BCUT2D eigenvalue weighted by molar-refractivity contribution is 9.10. The maximum Gasteiger partial charge on any atom is 0.136 e. The highest BCUT2D eigenvalue weighted by Gasteiger charge is 2.15. The van der Waals surface area contributed by atoms with Crippen LogP contribution in [0.5, 0.6) is 46.0 Å². The van der Waals surface area contributed by atoms with Gasteiger partial charge in [-0.1, -0.05) is 90.9 Å². The summed E-state index contributed by atoms with van der Waals surface area (Å²) in [5.74, 6) is 25.5. The van der Waals surface area contributed by atoms with Crippen LogP contribution in [0.2, 0.25) is 0 Å². The van der Waals surface area contributed by atoms with E-state index in [9.17, 15) is 0 Å². The topological polar surface area (TPSA) is 73.8 Å². The van der Waals surface area contributed by atoms with Crippen molar-refractivity contribution in [2.75, 3.05) is 52.9 Å². The third-order valence-corrected chi connectivity index (χ3v) is 9.47. The largest absolute Gasteiger partial charge is 0.494 e.